The van der Waals surface area contributed by atoms with Crippen LogP contribution in [-0.4, -0.2) is 18.0 Å². The minimum absolute atomic E-state index is 0.152. The number of rotatable bonds is 8. The molecule has 1 amide bonds. The third-order valence-corrected chi connectivity index (χ3v) is 7.32. The third-order valence-electron chi connectivity index (χ3n) is 5.88. The van der Waals surface area contributed by atoms with Gasteiger partial charge in [0.2, 0.25) is 0 Å². The Morgan fingerprint density at radius 3 is 2.76 bits per heavy atom. The van der Waals surface area contributed by atoms with Gasteiger partial charge in [0.15, 0.2) is 5.76 Å². The summed E-state index contributed by atoms with van der Waals surface area (Å²) in [6.45, 7) is 5.92. The summed E-state index contributed by atoms with van der Waals surface area (Å²) in [5.74, 6) is 0.571. The van der Waals surface area contributed by atoms with E-state index < -0.39 is 5.91 Å². The van der Waals surface area contributed by atoms with Crippen LogP contribution in [0, 0.1) is 6.92 Å². The Labute approximate surface area is 208 Å². The summed E-state index contributed by atoms with van der Waals surface area (Å²) in [5.41, 5.74) is 2.41. The predicted octanol–water partition coefficient (Wildman–Crippen LogP) is 6.97. The molecular weight excluding hydrogens is 474 g/mol. The van der Waals surface area contributed by atoms with Gasteiger partial charge in [-0.2, -0.15) is 0 Å². The van der Waals surface area contributed by atoms with Crippen LogP contribution in [0.1, 0.15) is 75.8 Å². The number of furan rings is 1. The van der Waals surface area contributed by atoms with Gasteiger partial charge in [-0.1, -0.05) is 18.5 Å². The second-order valence-electron chi connectivity index (χ2n) is 8.46. The van der Waals surface area contributed by atoms with Crippen molar-refractivity contribution in [2.75, 3.05) is 5.32 Å². The number of carbonyl (C=O) groups excluding carboxylic acids is 2. The van der Waals surface area contributed by atoms with Crippen LogP contribution in [0.25, 0.3) is 0 Å². The number of aryl methyl sites for hydroxylation is 2. The van der Waals surface area contributed by atoms with Gasteiger partial charge >= 0.3 is 5.97 Å². The Morgan fingerprint density at radius 2 is 2.00 bits per heavy atom. The van der Waals surface area contributed by atoms with Gasteiger partial charge in [-0.05, 0) is 87.4 Å². The number of hydrogen-bond acceptors (Lipinski definition) is 6. The van der Waals surface area contributed by atoms with E-state index in [2.05, 4.69) is 5.32 Å². The minimum Gasteiger partial charge on any atom is -0.485 e. The lowest BCUT2D eigenvalue weighted by Crippen LogP contribution is -2.18. The maximum absolute atomic E-state index is 13.0. The highest BCUT2D eigenvalue weighted by Gasteiger charge is 2.28. The molecule has 6 nitrogen and oxygen atoms in total. The highest BCUT2D eigenvalue weighted by molar-refractivity contribution is 7.17. The molecule has 0 radical (unpaired) electrons. The maximum Gasteiger partial charge on any atom is 0.341 e. The highest BCUT2D eigenvalue weighted by Crippen LogP contribution is 2.39. The van der Waals surface area contributed by atoms with Gasteiger partial charge in [-0.25, -0.2) is 4.79 Å². The maximum atomic E-state index is 13.0. The molecule has 180 valence electrons. The fraction of sp³-hybridized carbons (Fsp3) is 0.385. The van der Waals surface area contributed by atoms with Crippen LogP contribution in [0.15, 0.2) is 34.7 Å². The Morgan fingerprint density at radius 1 is 1.21 bits per heavy atom. The quantitative estimate of drug-likeness (QED) is 0.337. The van der Waals surface area contributed by atoms with E-state index in [1.54, 1.807) is 24.3 Å². The minimum atomic E-state index is -0.412. The van der Waals surface area contributed by atoms with Crippen molar-refractivity contribution in [1.29, 1.82) is 0 Å². The van der Waals surface area contributed by atoms with Crippen LogP contribution in [0.5, 0.6) is 5.75 Å². The number of carbonyl (C=O) groups is 2. The van der Waals surface area contributed by atoms with Gasteiger partial charge in [0.05, 0.1) is 11.7 Å². The standard InChI is InChI=1S/C26H28ClNO5S/c1-4-16(3)32-26(30)23-19-7-5-6-8-22(19)34-25(23)28-24(29)21-12-10-18(33-21)14-31-20-11-9-17(27)13-15(20)2/h9-13,16H,4-8,14H2,1-3H3,(H,28,29). The van der Waals surface area contributed by atoms with Gasteiger partial charge in [0.1, 0.15) is 23.1 Å². The number of ether oxygens (including phenoxy) is 2. The smallest absolute Gasteiger partial charge is 0.341 e. The van der Waals surface area contributed by atoms with E-state index in [4.69, 9.17) is 25.5 Å². The number of anilines is 1. The number of halogens is 1. The Kier molecular flexibility index (Phi) is 7.63. The zero-order valence-corrected chi connectivity index (χ0v) is 21.1. The fourth-order valence-corrected chi connectivity index (χ4v) is 5.36. The number of fused-ring (bicyclic) bond motifs is 1. The summed E-state index contributed by atoms with van der Waals surface area (Å²) in [5, 5.41) is 4.06. The highest BCUT2D eigenvalue weighted by atomic mass is 35.5. The Balaban J connectivity index is 1.48. The van der Waals surface area contributed by atoms with Crippen LogP contribution >= 0.6 is 22.9 Å². The molecule has 8 heteroatoms. The molecule has 0 bridgehead atoms. The molecule has 1 atom stereocenters. The van der Waals surface area contributed by atoms with Gasteiger partial charge in [-0.15, -0.1) is 11.3 Å². The van der Waals surface area contributed by atoms with Crippen LogP contribution in [0.2, 0.25) is 5.02 Å². The molecule has 0 aliphatic heterocycles. The van der Waals surface area contributed by atoms with E-state index in [9.17, 15) is 9.59 Å². The van der Waals surface area contributed by atoms with Crippen LogP contribution in [0.4, 0.5) is 5.00 Å². The molecule has 34 heavy (non-hydrogen) atoms. The molecule has 1 aliphatic rings. The molecule has 0 saturated carbocycles. The van der Waals surface area contributed by atoms with Gasteiger partial charge in [0, 0.05) is 9.90 Å². The second kappa shape index (κ2) is 10.7. The molecule has 2 heterocycles. The van der Waals surface area contributed by atoms with E-state index in [-0.39, 0.29) is 24.4 Å². The van der Waals surface area contributed by atoms with E-state index in [0.717, 1.165) is 48.1 Å². The molecule has 2 aromatic heterocycles. The normalized spacial score (nSPS) is 13.8. The molecule has 1 aliphatic carbocycles. The van der Waals surface area contributed by atoms with E-state index in [1.165, 1.54) is 11.3 Å². The summed E-state index contributed by atoms with van der Waals surface area (Å²) in [7, 11) is 0. The fourth-order valence-electron chi connectivity index (χ4n) is 3.86. The predicted molar refractivity (Wildman–Crippen MR) is 133 cm³/mol. The number of benzene rings is 1. The average molecular weight is 502 g/mol. The van der Waals surface area contributed by atoms with Crippen molar-refractivity contribution >= 4 is 39.8 Å². The molecule has 1 aromatic carbocycles. The van der Waals surface area contributed by atoms with Crippen molar-refractivity contribution in [2.45, 2.75) is 65.6 Å². The first-order valence-electron chi connectivity index (χ1n) is 11.5. The summed E-state index contributed by atoms with van der Waals surface area (Å²) in [6, 6.07) is 8.69. The largest absolute Gasteiger partial charge is 0.485 e. The first-order valence-corrected chi connectivity index (χ1v) is 12.7. The first-order chi connectivity index (χ1) is 16.4. The third kappa shape index (κ3) is 5.47. The summed E-state index contributed by atoms with van der Waals surface area (Å²) in [6.07, 6.45) is 4.37. The molecule has 1 N–H and O–H groups in total. The van der Waals surface area contributed by atoms with Gasteiger partial charge in [0.25, 0.3) is 5.91 Å². The summed E-state index contributed by atoms with van der Waals surface area (Å²) >= 11 is 7.44. The van der Waals surface area contributed by atoms with E-state index in [1.807, 2.05) is 26.8 Å². The summed E-state index contributed by atoms with van der Waals surface area (Å²) in [4.78, 5) is 27.0. The van der Waals surface area contributed by atoms with Crippen LogP contribution in [0.3, 0.4) is 0 Å². The zero-order chi connectivity index (χ0) is 24.2. The first kappa shape index (κ1) is 24.4. The Hall–Kier alpha value is -2.77. The molecule has 0 spiro atoms. The van der Waals surface area contributed by atoms with Gasteiger partial charge in [-0.3, -0.25) is 4.79 Å². The van der Waals surface area contributed by atoms with Crippen molar-refractivity contribution in [3.63, 3.8) is 0 Å². The lowest BCUT2D eigenvalue weighted by atomic mass is 9.95. The van der Waals surface area contributed by atoms with Crippen LogP contribution < -0.4 is 10.1 Å². The molecule has 0 fully saturated rings. The van der Waals surface area contributed by atoms with E-state index in [0.29, 0.717) is 27.1 Å². The lowest BCUT2D eigenvalue weighted by Gasteiger charge is -2.15. The molecule has 3 aromatic rings. The topological polar surface area (TPSA) is 77.8 Å². The summed E-state index contributed by atoms with van der Waals surface area (Å²) < 4.78 is 17.1. The lowest BCUT2D eigenvalue weighted by molar-refractivity contribution is 0.0335. The molecule has 0 saturated heterocycles. The molecule has 4 rings (SSSR count). The van der Waals surface area contributed by atoms with Gasteiger partial charge < -0.3 is 19.2 Å². The van der Waals surface area contributed by atoms with Crippen molar-refractivity contribution in [3.8, 4) is 5.75 Å². The van der Waals surface area contributed by atoms with Crippen molar-refractivity contribution in [2.24, 2.45) is 0 Å². The number of hydrogen-bond donors (Lipinski definition) is 1. The molecule has 1 unspecified atom stereocenters. The number of amides is 1. The zero-order valence-electron chi connectivity index (χ0n) is 19.5. The van der Waals surface area contributed by atoms with Crippen LogP contribution in [-0.2, 0) is 24.2 Å². The van der Waals surface area contributed by atoms with Crippen molar-refractivity contribution in [3.05, 3.63) is 68.4 Å². The average Bonchev–Trinajstić information content (AvgIpc) is 3.42. The monoisotopic (exact) mass is 501 g/mol. The second-order valence-corrected chi connectivity index (χ2v) is 10.00. The van der Waals surface area contributed by atoms with E-state index >= 15 is 0 Å². The number of nitrogens with one attached hydrogen (secondary N) is 1. The number of thiophene rings is 1. The van der Waals surface area contributed by atoms with Crippen molar-refractivity contribution < 1.29 is 23.5 Å². The number of esters is 1. The molecular formula is C26H28ClNO5S. The van der Waals surface area contributed by atoms with Crippen molar-refractivity contribution in [1.82, 2.24) is 0 Å². The SMILES string of the molecule is CCC(C)OC(=O)c1c(NC(=O)c2ccc(COc3ccc(Cl)cc3C)o2)sc2c1CCCC2. The Bertz CT molecular complexity index is 1200.